The van der Waals surface area contributed by atoms with Crippen molar-refractivity contribution in [1.29, 1.82) is 0 Å². The second kappa shape index (κ2) is 8.47. The van der Waals surface area contributed by atoms with Gasteiger partial charge in [0.05, 0.1) is 0 Å². The van der Waals surface area contributed by atoms with Gasteiger partial charge in [0.15, 0.2) is 0 Å². The number of hydrogen-bond donors (Lipinski definition) is 1. The van der Waals surface area contributed by atoms with E-state index in [0.29, 0.717) is 0 Å². The Morgan fingerprint density at radius 3 is 1.57 bits per heavy atom. The van der Waals surface area contributed by atoms with E-state index >= 15 is 0 Å². The van der Waals surface area contributed by atoms with Crippen molar-refractivity contribution in [2.75, 3.05) is 0 Å². The van der Waals surface area contributed by atoms with Crippen LogP contribution in [0.1, 0.15) is 47.2 Å². The fourth-order valence-corrected chi connectivity index (χ4v) is 6.78. The zero-order chi connectivity index (χ0) is 20.3. The van der Waals surface area contributed by atoms with Gasteiger partial charge >= 0.3 is 0 Å². The monoisotopic (exact) mass is 391 g/mol. The molecule has 0 bridgehead atoms. The maximum atomic E-state index is 14.7. The SMILES string of the molecule is CCC(NP(=O)(c1cc(C)cc(C)c1)c1cc(C)cc(C)c1)c1ccccc1. The van der Waals surface area contributed by atoms with Crippen LogP contribution in [0.2, 0.25) is 0 Å². The van der Waals surface area contributed by atoms with E-state index in [1.54, 1.807) is 0 Å². The molecule has 3 heteroatoms. The minimum Gasteiger partial charge on any atom is -0.297 e. The number of aryl methyl sites for hydroxylation is 4. The molecule has 0 heterocycles. The molecule has 0 aromatic heterocycles. The van der Waals surface area contributed by atoms with Crippen molar-refractivity contribution in [2.45, 2.75) is 47.1 Å². The summed E-state index contributed by atoms with van der Waals surface area (Å²) in [5, 5.41) is 5.35. The van der Waals surface area contributed by atoms with Gasteiger partial charge in [-0.2, -0.15) is 0 Å². The Bertz CT molecular complexity index is 914. The zero-order valence-electron chi connectivity index (χ0n) is 17.5. The first-order chi connectivity index (χ1) is 13.3. The largest absolute Gasteiger partial charge is 0.297 e. The molecule has 0 aliphatic heterocycles. The van der Waals surface area contributed by atoms with Crippen LogP contribution < -0.4 is 15.7 Å². The quantitative estimate of drug-likeness (QED) is 0.531. The molecule has 0 aliphatic rings. The Balaban J connectivity index is 2.17. The molecular weight excluding hydrogens is 361 g/mol. The maximum Gasteiger partial charge on any atom is 0.205 e. The predicted molar refractivity (Wildman–Crippen MR) is 121 cm³/mol. The molecule has 3 rings (SSSR count). The summed E-state index contributed by atoms with van der Waals surface area (Å²) in [7, 11) is -3.02. The number of benzene rings is 3. The van der Waals surface area contributed by atoms with Crippen LogP contribution in [0.5, 0.6) is 0 Å². The van der Waals surface area contributed by atoms with Crippen molar-refractivity contribution < 1.29 is 4.57 Å². The van der Waals surface area contributed by atoms with Gasteiger partial charge in [-0.15, -0.1) is 0 Å². The number of hydrogen-bond acceptors (Lipinski definition) is 1. The van der Waals surface area contributed by atoms with Crippen LogP contribution in [-0.4, -0.2) is 0 Å². The highest BCUT2D eigenvalue weighted by Crippen LogP contribution is 2.43. The van der Waals surface area contributed by atoms with Crippen LogP contribution in [0.15, 0.2) is 66.7 Å². The van der Waals surface area contributed by atoms with E-state index in [-0.39, 0.29) is 6.04 Å². The van der Waals surface area contributed by atoms with Gasteiger partial charge in [-0.25, -0.2) is 0 Å². The molecule has 28 heavy (non-hydrogen) atoms. The lowest BCUT2D eigenvalue weighted by atomic mass is 10.1. The third kappa shape index (κ3) is 4.46. The van der Waals surface area contributed by atoms with Crippen molar-refractivity contribution in [3.05, 3.63) is 94.5 Å². The Labute approximate surface area is 169 Å². The van der Waals surface area contributed by atoms with Gasteiger partial charge in [0.1, 0.15) is 0 Å². The fourth-order valence-electron chi connectivity index (χ4n) is 3.87. The van der Waals surface area contributed by atoms with E-state index in [0.717, 1.165) is 39.3 Å². The molecule has 3 aromatic rings. The first-order valence-electron chi connectivity index (χ1n) is 9.92. The van der Waals surface area contributed by atoms with Crippen LogP contribution in [0.3, 0.4) is 0 Å². The van der Waals surface area contributed by atoms with E-state index in [4.69, 9.17) is 0 Å². The lowest BCUT2D eigenvalue weighted by Gasteiger charge is -2.28. The Morgan fingerprint density at radius 2 is 1.18 bits per heavy atom. The van der Waals surface area contributed by atoms with Crippen molar-refractivity contribution in [3.8, 4) is 0 Å². The van der Waals surface area contributed by atoms with Crippen LogP contribution in [-0.2, 0) is 4.57 Å². The minimum absolute atomic E-state index is 0.0219. The van der Waals surface area contributed by atoms with Crippen molar-refractivity contribution in [2.24, 2.45) is 0 Å². The van der Waals surface area contributed by atoms with Gasteiger partial charge in [0, 0.05) is 16.7 Å². The summed E-state index contributed by atoms with van der Waals surface area (Å²) >= 11 is 0. The smallest absolute Gasteiger partial charge is 0.205 e. The summed E-state index contributed by atoms with van der Waals surface area (Å²) in [6.45, 7) is 10.4. The molecule has 0 aliphatic carbocycles. The highest BCUT2D eigenvalue weighted by molar-refractivity contribution is 7.76. The van der Waals surface area contributed by atoms with Crippen molar-refractivity contribution >= 4 is 17.9 Å². The number of rotatable bonds is 6. The van der Waals surface area contributed by atoms with E-state index in [9.17, 15) is 4.57 Å². The molecule has 0 saturated carbocycles. The average Bonchev–Trinajstić information content (AvgIpc) is 2.65. The van der Waals surface area contributed by atoms with Crippen molar-refractivity contribution in [3.63, 3.8) is 0 Å². The summed E-state index contributed by atoms with van der Waals surface area (Å²) in [6, 6.07) is 22.9. The van der Waals surface area contributed by atoms with E-state index in [1.807, 2.05) is 18.2 Å². The van der Waals surface area contributed by atoms with Gasteiger partial charge in [-0.05, 0) is 63.9 Å². The second-order valence-electron chi connectivity index (χ2n) is 7.80. The maximum absolute atomic E-state index is 14.7. The lowest BCUT2D eigenvalue weighted by molar-refractivity contribution is 0.555. The molecule has 1 N–H and O–H groups in total. The third-order valence-electron chi connectivity index (χ3n) is 5.09. The van der Waals surface area contributed by atoms with Gasteiger partial charge in [-0.1, -0.05) is 71.6 Å². The van der Waals surface area contributed by atoms with Gasteiger partial charge in [-0.3, -0.25) is 9.65 Å². The first kappa shape index (κ1) is 20.6. The molecule has 3 aromatic carbocycles. The molecule has 0 spiro atoms. The molecular formula is C25H30NOP. The molecule has 0 saturated heterocycles. The highest BCUT2D eigenvalue weighted by atomic mass is 31.2. The molecule has 0 amide bonds. The summed E-state index contributed by atoms with van der Waals surface area (Å²) in [6.07, 6.45) is 0.865. The summed E-state index contributed by atoms with van der Waals surface area (Å²) in [4.78, 5) is 0. The summed E-state index contributed by atoms with van der Waals surface area (Å²) < 4.78 is 14.7. The van der Waals surface area contributed by atoms with Crippen LogP contribution in [0, 0.1) is 27.7 Å². The molecule has 1 atom stereocenters. The van der Waals surface area contributed by atoms with Crippen LogP contribution in [0.25, 0.3) is 0 Å². The van der Waals surface area contributed by atoms with Gasteiger partial charge in [0.2, 0.25) is 7.29 Å². The Morgan fingerprint density at radius 1 is 0.750 bits per heavy atom. The standard InChI is InChI=1S/C25H30NOP/c1-6-25(22-10-8-7-9-11-22)26-28(27,23-14-18(2)12-19(3)15-23)24-16-20(4)13-21(5)17-24/h7-17,25H,6H2,1-5H3,(H,26,27). The number of nitrogens with one attached hydrogen (secondary N) is 1. The van der Waals surface area contributed by atoms with E-state index in [1.165, 1.54) is 5.56 Å². The molecule has 0 radical (unpaired) electrons. The van der Waals surface area contributed by atoms with Crippen LogP contribution in [0.4, 0.5) is 0 Å². The summed E-state index contributed by atoms with van der Waals surface area (Å²) in [5.74, 6) is 0. The topological polar surface area (TPSA) is 29.1 Å². The fraction of sp³-hybridized carbons (Fsp3) is 0.280. The van der Waals surface area contributed by atoms with E-state index < -0.39 is 7.29 Å². The normalized spacial score (nSPS) is 12.8. The molecule has 146 valence electrons. The molecule has 0 fully saturated rings. The molecule has 2 nitrogen and oxygen atoms in total. The van der Waals surface area contributed by atoms with Gasteiger partial charge < -0.3 is 0 Å². The van der Waals surface area contributed by atoms with Gasteiger partial charge in [0.25, 0.3) is 0 Å². The lowest BCUT2D eigenvalue weighted by Crippen LogP contribution is -2.31. The Hall–Kier alpha value is -2.15. The second-order valence-corrected chi connectivity index (χ2v) is 10.3. The van der Waals surface area contributed by atoms with Crippen LogP contribution >= 0.6 is 7.29 Å². The molecule has 1 unspecified atom stereocenters. The predicted octanol–water partition coefficient (Wildman–Crippen LogP) is 5.89. The Kier molecular flexibility index (Phi) is 6.23. The summed E-state index contributed by atoms with van der Waals surface area (Å²) in [5.41, 5.74) is 5.70. The van der Waals surface area contributed by atoms with Crippen molar-refractivity contribution in [1.82, 2.24) is 5.09 Å². The third-order valence-corrected chi connectivity index (χ3v) is 7.73. The highest BCUT2D eigenvalue weighted by Gasteiger charge is 2.31. The minimum atomic E-state index is -3.02. The zero-order valence-corrected chi connectivity index (χ0v) is 18.4. The van der Waals surface area contributed by atoms with E-state index in [2.05, 4.69) is 88.2 Å². The average molecular weight is 391 g/mol. The first-order valence-corrected chi connectivity index (χ1v) is 11.6.